The zero-order valence-electron chi connectivity index (χ0n) is 17.4. The molecule has 1 aliphatic carbocycles. The van der Waals surface area contributed by atoms with Gasteiger partial charge in [-0.3, -0.25) is 4.79 Å². The molecule has 9 heteroatoms. The number of nitrogens with zero attached hydrogens (tertiary/aromatic N) is 1. The van der Waals surface area contributed by atoms with Crippen LogP contribution in [0.4, 0.5) is 18.9 Å². The molecular weight excluding hydrogens is 425 g/mol. The maximum absolute atomic E-state index is 13.1. The average Bonchev–Trinajstić information content (AvgIpc) is 2.71. The number of carbonyl (C=O) groups is 1. The number of aliphatic imine (C=N–C) groups is 1. The molecule has 6 nitrogen and oxygen atoms in total. The normalized spacial score (nSPS) is 22.2. The van der Waals surface area contributed by atoms with Crippen molar-refractivity contribution in [3.8, 4) is 5.75 Å². The number of hydrogen-bond donors (Lipinski definition) is 2. The second-order valence-electron chi connectivity index (χ2n) is 7.97. The minimum Gasteiger partial charge on any atom is -0.491 e. The van der Waals surface area contributed by atoms with E-state index in [0.29, 0.717) is 48.9 Å². The Kier molecular flexibility index (Phi) is 6.10. The Labute approximate surface area is 183 Å². The van der Waals surface area contributed by atoms with E-state index in [0.717, 1.165) is 17.7 Å². The molecule has 0 radical (unpaired) electrons. The number of hydrogen-bond acceptors (Lipinski definition) is 5. The summed E-state index contributed by atoms with van der Waals surface area (Å²) in [7, 11) is 0. The van der Waals surface area contributed by atoms with Crippen LogP contribution in [-0.4, -0.2) is 36.2 Å². The van der Waals surface area contributed by atoms with E-state index in [9.17, 15) is 18.0 Å². The van der Waals surface area contributed by atoms with Gasteiger partial charge in [-0.05, 0) is 61.7 Å². The fourth-order valence-corrected chi connectivity index (χ4v) is 3.75. The van der Waals surface area contributed by atoms with Crippen molar-refractivity contribution in [2.75, 3.05) is 13.2 Å². The third-order valence-electron chi connectivity index (χ3n) is 5.69. The highest BCUT2D eigenvalue weighted by Gasteiger charge is 2.35. The molecule has 1 fully saturated rings. The molecule has 1 saturated carbocycles. The monoisotopic (exact) mass is 448 g/mol. The average molecular weight is 448 g/mol. The summed E-state index contributed by atoms with van der Waals surface area (Å²) >= 11 is 0. The highest BCUT2D eigenvalue weighted by Crippen LogP contribution is 2.37. The molecule has 2 aromatic rings. The zero-order chi connectivity index (χ0) is 22.9. The fourth-order valence-electron chi connectivity index (χ4n) is 3.75. The van der Waals surface area contributed by atoms with Gasteiger partial charge in [0, 0.05) is 5.56 Å². The van der Waals surface area contributed by atoms with Crippen molar-refractivity contribution in [3.05, 3.63) is 59.2 Å². The second kappa shape index (κ2) is 8.82. The van der Waals surface area contributed by atoms with Crippen LogP contribution in [0.1, 0.15) is 42.5 Å². The van der Waals surface area contributed by atoms with Crippen molar-refractivity contribution in [2.24, 2.45) is 10.9 Å². The maximum Gasteiger partial charge on any atom is 0.416 e. The molecule has 32 heavy (non-hydrogen) atoms. The molecule has 2 N–H and O–H groups in total. The molecule has 2 aliphatic rings. The van der Waals surface area contributed by atoms with Crippen molar-refractivity contribution in [1.82, 2.24) is 5.32 Å². The number of carboxylic acid groups (broad SMARTS) is 1. The Balaban J connectivity index is 1.35. The number of alkyl halides is 3. The SMILES string of the molecule is CC1NC(c2ccc(OCCOC3CC(C(=O)O)C3)cc2)=Nc2cc(C(F)(F)F)ccc21. The summed E-state index contributed by atoms with van der Waals surface area (Å²) in [6.07, 6.45) is -3.38. The van der Waals surface area contributed by atoms with Gasteiger partial charge in [0.2, 0.25) is 0 Å². The standard InChI is InChI=1S/C23H23F3N2O4/c1-13-19-7-4-16(23(24,25)26)12-20(19)28-21(27-13)14-2-5-17(6-3-14)31-8-9-32-18-10-15(11-18)22(29)30/h2-7,12-13,15,18H,8-11H2,1H3,(H,27,28)(H,29,30). The maximum atomic E-state index is 13.1. The van der Waals surface area contributed by atoms with Crippen LogP contribution in [0.5, 0.6) is 5.75 Å². The molecule has 1 unspecified atom stereocenters. The first kappa shape index (κ1) is 22.1. The molecule has 0 saturated heterocycles. The number of carboxylic acids is 1. The Morgan fingerprint density at radius 2 is 1.88 bits per heavy atom. The number of benzene rings is 2. The second-order valence-corrected chi connectivity index (χ2v) is 7.97. The van der Waals surface area contributed by atoms with Crippen LogP contribution < -0.4 is 10.1 Å². The van der Waals surface area contributed by atoms with Gasteiger partial charge in [0.05, 0.1) is 35.9 Å². The van der Waals surface area contributed by atoms with E-state index < -0.39 is 17.7 Å². The lowest BCUT2D eigenvalue weighted by Crippen LogP contribution is -2.37. The van der Waals surface area contributed by atoms with E-state index in [-0.39, 0.29) is 18.1 Å². The van der Waals surface area contributed by atoms with Crippen molar-refractivity contribution in [1.29, 1.82) is 0 Å². The van der Waals surface area contributed by atoms with Gasteiger partial charge in [-0.25, -0.2) is 4.99 Å². The number of fused-ring (bicyclic) bond motifs is 1. The third-order valence-corrected chi connectivity index (χ3v) is 5.69. The smallest absolute Gasteiger partial charge is 0.416 e. The van der Waals surface area contributed by atoms with Gasteiger partial charge in [-0.1, -0.05) is 6.07 Å². The predicted molar refractivity (Wildman–Crippen MR) is 111 cm³/mol. The molecule has 4 rings (SSSR count). The Bertz CT molecular complexity index is 1010. The van der Waals surface area contributed by atoms with Gasteiger partial charge in [0.25, 0.3) is 0 Å². The van der Waals surface area contributed by atoms with Crippen LogP contribution in [0.3, 0.4) is 0 Å². The number of halogens is 3. The fraction of sp³-hybridized carbons (Fsp3) is 0.391. The van der Waals surface area contributed by atoms with Crippen molar-refractivity contribution in [3.63, 3.8) is 0 Å². The van der Waals surface area contributed by atoms with Gasteiger partial charge in [0.15, 0.2) is 0 Å². The van der Waals surface area contributed by atoms with E-state index in [1.165, 1.54) is 6.07 Å². The van der Waals surface area contributed by atoms with E-state index in [4.69, 9.17) is 14.6 Å². The van der Waals surface area contributed by atoms with Crippen molar-refractivity contribution < 1.29 is 32.5 Å². The molecule has 1 atom stereocenters. The first-order valence-corrected chi connectivity index (χ1v) is 10.3. The molecule has 0 aromatic heterocycles. The summed E-state index contributed by atoms with van der Waals surface area (Å²) in [6, 6.07) is 10.5. The molecular formula is C23H23F3N2O4. The molecule has 1 heterocycles. The van der Waals surface area contributed by atoms with Gasteiger partial charge in [0.1, 0.15) is 18.2 Å². The van der Waals surface area contributed by atoms with Crippen LogP contribution in [0.15, 0.2) is 47.5 Å². The molecule has 0 bridgehead atoms. The summed E-state index contributed by atoms with van der Waals surface area (Å²) < 4.78 is 50.4. The number of nitrogens with one attached hydrogen (secondary N) is 1. The lowest BCUT2D eigenvalue weighted by Gasteiger charge is -2.31. The Morgan fingerprint density at radius 3 is 2.53 bits per heavy atom. The summed E-state index contributed by atoms with van der Waals surface area (Å²) in [6.45, 7) is 2.57. The van der Waals surface area contributed by atoms with Crippen LogP contribution in [0.2, 0.25) is 0 Å². The van der Waals surface area contributed by atoms with Crippen molar-refractivity contribution >= 4 is 17.5 Å². The summed E-state index contributed by atoms with van der Waals surface area (Å²) in [4.78, 5) is 15.2. The molecule has 170 valence electrons. The van der Waals surface area contributed by atoms with E-state index in [1.807, 2.05) is 6.92 Å². The first-order chi connectivity index (χ1) is 15.2. The summed E-state index contributed by atoms with van der Waals surface area (Å²) in [5, 5.41) is 12.1. The Hall–Kier alpha value is -3.07. The third kappa shape index (κ3) is 4.88. The minimum absolute atomic E-state index is 0.0276. The largest absolute Gasteiger partial charge is 0.491 e. The van der Waals surface area contributed by atoms with Crippen LogP contribution in [-0.2, 0) is 15.7 Å². The topological polar surface area (TPSA) is 80.2 Å². The van der Waals surface area contributed by atoms with E-state index in [2.05, 4.69) is 10.3 Å². The number of ether oxygens (including phenoxy) is 2. The van der Waals surface area contributed by atoms with E-state index >= 15 is 0 Å². The highest BCUT2D eigenvalue weighted by molar-refractivity contribution is 6.01. The molecule has 0 spiro atoms. The van der Waals surface area contributed by atoms with Crippen LogP contribution in [0.25, 0.3) is 0 Å². The predicted octanol–water partition coefficient (Wildman–Crippen LogP) is 4.71. The summed E-state index contributed by atoms with van der Waals surface area (Å²) in [5.74, 6) is 0.0344. The highest BCUT2D eigenvalue weighted by atomic mass is 19.4. The molecule has 2 aromatic carbocycles. The van der Waals surface area contributed by atoms with Gasteiger partial charge in [-0.15, -0.1) is 0 Å². The lowest BCUT2D eigenvalue weighted by molar-refractivity contribution is -0.151. The van der Waals surface area contributed by atoms with Crippen molar-refractivity contribution in [2.45, 2.75) is 38.1 Å². The lowest BCUT2D eigenvalue weighted by atomic mass is 9.82. The minimum atomic E-state index is -4.42. The Morgan fingerprint density at radius 1 is 1.16 bits per heavy atom. The van der Waals surface area contributed by atoms with Gasteiger partial charge >= 0.3 is 12.1 Å². The number of amidine groups is 1. The van der Waals surface area contributed by atoms with Crippen LogP contribution >= 0.6 is 0 Å². The number of aliphatic carboxylic acids is 1. The molecule has 1 aliphatic heterocycles. The van der Waals surface area contributed by atoms with E-state index in [1.54, 1.807) is 24.3 Å². The zero-order valence-corrected chi connectivity index (χ0v) is 17.4. The van der Waals surface area contributed by atoms with Gasteiger partial charge in [-0.2, -0.15) is 13.2 Å². The quantitative estimate of drug-likeness (QED) is 0.600. The number of rotatable bonds is 7. The first-order valence-electron chi connectivity index (χ1n) is 10.3. The summed E-state index contributed by atoms with van der Waals surface area (Å²) in [5.41, 5.74) is 1.03. The van der Waals surface area contributed by atoms with Crippen LogP contribution in [0, 0.1) is 5.92 Å². The van der Waals surface area contributed by atoms with Gasteiger partial charge < -0.3 is 19.9 Å². The molecule has 0 amide bonds.